The molecule has 0 unspecified atom stereocenters. The number of nitro groups is 1. The third-order valence-corrected chi connectivity index (χ3v) is 2.49. The number of halogens is 3. The summed E-state index contributed by atoms with van der Waals surface area (Å²) in [6, 6.07) is 0. The zero-order chi connectivity index (χ0) is 10.9. The van der Waals surface area contributed by atoms with Gasteiger partial charge in [0, 0.05) is 9.77 Å². The minimum absolute atomic E-state index is 0.00529. The smallest absolute Gasteiger partial charge is 0.258 e. The molecule has 76 valence electrons. The van der Waals surface area contributed by atoms with Crippen LogP contribution in [0.15, 0.2) is 6.20 Å². The van der Waals surface area contributed by atoms with Gasteiger partial charge < -0.3 is 0 Å². The van der Waals surface area contributed by atoms with Crippen LogP contribution in [0.4, 0.5) is 14.5 Å². The summed E-state index contributed by atoms with van der Waals surface area (Å²) in [5.74, 6) is 0. The van der Waals surface area contributed by atoms with E-state index < -0.39 is 22.6 Å². The Morgan fingerprint density at radius 1 is 1.64 bits per heavy atom. The normalized spacial score (nSPS) is 10.6. The summed E-state index contributed by atoms with van der Waals surface area (Å²) in [5, 5.41) is 10.5. The van der Waals surface area contributed by atoms with E-state index in [0.29, 0.717) is 0 Å². The van der Waals surface area contributed by atoms with Crippen molar-refractivity contribution < 1.29 is 13.7 Å². The molecule has 0 bridgehead atoms. The van der Waals surface area contributed by atoms with Crippen molar-refractivity contribution in [3.8, 4) is 0 Å². The maximum atomic E-state index is 12.5. The summed E-state index contributed by atoms with van der Waals surface area (Å²) >= 11 is 1.60. The van der Waals surface area contributed by atoms with Gasteiger partial charge in [-0.25, -0.2) is 8.78 Å². The lowest BCUT2D eigenvalue weighted by Crippen LogP contribution is -2.03. The van der Waals surface area contributed by atoms with Gasteiger partial charge in [-0.15, -0.1) is 0 Å². The maximum Gasteiger partial charge on any atom is 0.300 e. The first-order chi connectivity index (χ1) is 6.45. The van der Waals surface area contributed by atoms with Gasteiger partial charge in [-0.2, -0.15) is 0 Å². The Morgan fingerprint density at radius 3 is 2.57 bits per heavy atom. The van der Waals surface area contributed by atoms with Crippen molar-refractivity contribution in [2.24, 2.45) is 0 Å². The van der Waals surface area contributed by atoms with Gasteiger partial charge >= 0.3 is 0 Å². The largest absolute Gasteiger partial charge is 0.300 e. The molecule has 0 saturated carbocycles. The highest BCUT2D eigenvalue weighted by atomic mass is 127. The van der Waals surface area contributed by atoms with Crippen LogP contribution >= 0.6 is 22.6 Å². The lowest BCUT2D eigenvalue weighted by atomic mass is 10.2. The minimum atomic E-state index is -2.86. The highest BCUT2D eigenvalue weighted by Crippen LogP contribution is 2.33. The third kappa shape index (κ3) is 1.97. The first kappa shape index (κ1) is 11.2. The second-order valence-corrected chi connectivity index (χ2v) is 3.67. The lowest BCUT2D eigenvalue weighted by Gasteiger charge is -2.05. The highest BCUT2D eigenvalue weighted by Gasteiger charge is 2.27. The molecule has 4 nitrogen and oxygen atoms in total. The topological polar surface area (TPSA) is 56.0 Å². The Kier molecular flexibility index (Phi) is 3.29. The number of hydrogen-bond acceptors (Lipinski definition) is 3. The van der Waals surface area contributed by atoms with E-state index in [1.54, 1.807) is 22.6 Å². The van der Waals surface area contributed by atoms with Gasteiger partial charge in [0.15, 0.2) is 0 Å². The Bertz CT molecular complexity index is 384. The molecule has 7 heteroatoms. The van der Waals surface area contributed by atoms with E-state index in [1.807, 2.05) is 0 Å². The Labute approximate surface area is 91.6 Å². The van der Waals surface area contributed by atoms with Crippen LogP contribution in [0.25, 0.3) is 0 Å². The van der Waals surface area contributed by atoms with Gasteiger partial charge in [0.05, 0.1) is 4.92 Å². The number of rotatable bonds is 2. The molecule has 0 N–H and O–H groups in total. The fourth-order valence-corrected chi connectivity index (χ4v) is 1.66. The lowest BCUT2D eigenvalue weighted by molar-refractivity contribution is -0.387. The van der Waals surface area contributed by atoms with E-state index in [-0.39, 0.29) is 9.26 Å². The monoisotopic (exact) mass is 314 g/mol. The van der Waals surface area contributed by atoms with E-state index in [1.165, 1.54) is 13.1 Å². The molecule has 1 aromatic rings. The number of hydrogen-bond donors (Lipinski definition) is 0. The minimum Gasteiger partial charge on any atom is -0.258 e. The van der Waals surface area contributed by atoms with Crippen molar-refractivity contribution in [1.82, 2.24) is 4.98 Å². The van der Waals surface area contributed by atoms with E-state index in [2.05, 4.69) is 4.98 Å². The van der Waals surface area contributed by atoms with Gasteiger partial charge in [0.2, 0.25) is 0 Å². The van der Waals surface area contributed by atoms with Crippen molar-refractivity contribution in [2.75, 3.05) is 0 Å². The van der Waals surface area contributed by atoms with Gasteiger partial charge in [0.1, 0.15) is 11.3 Å². The van der Waals surface area contributed by atoms with Crippen LogP contribution < -0.4 is 0 Å². The first-order valence-electron chi connectivity index (χ1n) is 3.52. The number of aryl methyl sites for hydroxylation is 1. The summed E-state index contributed by atoms with van der Waals surface area (Å²) < 4.78 is 25.1. The molecule has 0 saturated heterocycles. The van der Waals surface area contributed by atoms with Crippen LogP contribution in [0.1, 0.15) is 17.7 Å². The zero-order valence-corrected chi connectivity index (χ0v) is 9.16. The molecule has 1 aromatic heterocycles. The Hall–Kier alpha value is -0.860. The standard InChI is InChI=1S/C7H5F2IN2O2/c1-3-6(12(13)14)5(7(8)9)4(10)2-11-3/h2,7H,1H3. The van der Waals surface area contributed by atoms with Crippen LogP contribution in [0.2, 0.25) is 0 Å². The second-order valence-electron chi connectivity index (χ2n) is 2.51. The van der Waals surface area contributed by atoms with Gasteiger partial charge in [-0.1, -0.05) is 0 Å². The molecule has 0 aliphatic heterocycles. The summed E-state index contributed by atoms with van der Waals surface area (Å²) in [6.45, 7) is 1.33. The molecule has 1 rings (SSSR count). The first-order valence-corrected chi connectivity index (χ1v) is 4.60. The number of pyridine rings is 1. The van der Waals surface area contributed by atoms with Gasteiger partial charge in [-0.3, -0.25) is 15.1 Å². The van der Waals surface area contributed by atoms with Crippen LogP contribution in [0.3, 0.4) is 0 Å². The molecule has 0 aliphatic carbocycles. The summed E-state index contributed by atoms with van der Waals surface area (Å²) in [4.78, 5) is 13.4. The van der Waals surface area contributed by atoms with Crippen molar-refractivity contribution in [3.63, 3.8) is 0 Å². The van der Waals surface area contributed by atoms with Crippen LogP contribution in [-0.2, 0) is 0 Å². The Balaban J connectivity index is 3.50. The fourth-order valence-electron chi connectivity index (χ4n) is 1.03. The van der Waals surface area contributed by atoms with Crippen molar-refractivity contribution in [3.05, 3.63) is 31.1 Å². The average molecular weight is 314 g/mol. The quantitative estimate of drug-likeness (QED) is 0.479. The molecular weight excluding hydrogens is 309 g/mol. The Morgan fingerprint density at radius 2 is 2.21 bits per heavy atom. The summed E-state index contributed by atoms with van der Waals surface area (Å²) in [5.41, 5.74) is -1.14. The molecule has 0 aromatic carbocycles. The number of alkyl halides is 2. The van der Waals surface area contributed by atoms with Crippen LogP contribution in [0, 0.1) is 20.6 Å². The fraction of sp³-hybridized carbons (Fsp3) is 0.286. The second kappa shape index (κ2) is 4.11. The zero-order valence-electron chi connectivity index (χ0n) is 7.00. The number of nitrogens with zero attached hydrogens (tertiary/aromatic N) is 2. The molecule has 0 aliphatic rings. The van der Waals surface area contributed by atoms with E-state index in [4.69, 9.17) is 0 Å². The predicted molar refractivity (Wildman–Crippen MR) is 53.3 cm³/mol. The highest BCUT2D eigenvalue weighted by molar-refractivity contribution is 14.1. The third-order valence-electron chi connectivity index (χ3n) is 1.63. The van der Waals surface area contributed by atoms with E-state index in [9.17, 15) is 18.9 Å². The van der Waals surface area contributed by atoms with Crippen molar-refractivity contribution in [1.29, 1.82) is 0 Å². The van der Waals surface area contributed by atoms with E-state index in [0.717, 1.165) is 0 Å². The SMILES string of the molecule is Cc1ncc(I)c(C(F)F)c1[N+](=O)[O-]. The molecule has 1 heterocycles. The molecule has 0 atom stereocenters. The van der Waals surface area contributed by atoms with Gasteiger partial charge in [-0.05, 0) is 29.5 Å². The van der Waals surface area contributed by atoms with Crippen LogP contribution in [-0.4, -0.2) is 9.91 Å². The summed E-state index contributed by atoms with van der Waals surface area (Å²) in [6.07, 6.45) is -1.66. The molecular formula is C7H5F2IN2O2. The molecule has 0 amide bonds. The van der Waals surface area contributed by atoms with Crippen LogP contribution in [0.5, 0.6) is 0 Å². The molecule has 0 radical (unpaired) electrons. The molecule has 0 spiro atoms. The average Bonchev–Trinajstić information content (AvgIpc) is 2.07. The van der Waals surface area contributed by atoms with Crippen molar-refractivity contribution in [2.45, 2.75) is 13.3 Å². The number of aromatic nitrogens is 1. The van der Waals surface area contributed by atoms with E-state index >= 15 is 0 Å². The van der Waals surface area contributed by atoms with Crippen molar-refractivity contribution >= 4 is 28.3 Å². The predicted octanol–water partition coefficient (Wildman–Crippen LogP) is 2.84. The maximum absolute atomic E-state index is 12.5. The molecule has 0 fully saturated rings. The van der Waals surface area contributed by atoms with Gasteiger partial charge in [0.25, 0.3) is 12.1 Å². The summed E-state index contributed by atoms with van der Waals surface area (Å²) in [7, 11) is 0. The molecule has 14 heavy (non-hydrogen) atoms.